The third-order valence-corrected chi connectivity index (χ3v) is 2.82. The number of aromatic nitrogens is 3. The summed E-state index contributed by atoms with van der Waals surface area (Å²) in [5, 5.41) is 8.07. The Labute approximate surface area is 111 Å². The first-order valence-electron chi connectivity index (χ1n) is 5.65. The molecule has 0 aliphatic heterocycles. The Morgan fingerprint density at radius 2 is 2.33 bits per heavy atom. The molecule has 18 heavy (non-hydrogen) atoms. The first-order chi connectivity index (χ1) is 8.83. The van der Waals surface area contributed by atoms with Gasteiger partial charge in [0.1, 0.15) is 12.7 Å². The molecule has 96 valence electrons. The summed E-state index contributed by atoms with van der Waals surface area (Å²) < 4.78 is 6.67. The van der Waals surface area contributed by atoms with E-state index in [0.29, 0.717) is 18.2 Å². The number of halogens is 1. The van der Waals surface area contributed by atoms with Crippen molar-refractivity contribution in [2.24, 2.45) is 0 Å². The van der Waals surface area contributed by atoms with Crippen LogP contribution in [-0.4, -0.2) is 35.0 Å². The number of hydrogen-bond acceptors (Lipinski definition) is 4. The van der Waals surface area contributed by atoms with Crippen LogP contribution in [0.1, 0.15) is 5.56 Å². The van der Waals surface area contributed by atoms with Crippen molar-refractivity contribution in [3.63, 3.8) is 0 Å². The van der Waals surface area contributed by atoms with E-state index < -0.39 is 0 Å². The van der Waals surface area contributed by atoms with E-state index in [-0.39, 0.29) is 0 Å². The molecule has 0 radical (unpaired) electrons. The van der Waals surface area contributed by atoms with Crippen LogP contribution in [0, 0.1) is 0 Å². The molecule has 0 unspecified atom stereocenters. The number of benzene rings is 1. The summed E-state index contributed by atoms with van der Waals surface area (Å²) in [6.07, 6.45) is 3.13. The Balaban J connectivity index is 2.17. The third-order valence-electron chi connectivity index (χ3n) is 2.52. The van der Waals surface area contributed by atoms with Gasteiger partial charge in [0, 0.05) is 20.2 Å². The molecular formula is C12H15ClN4O. The molecule has 1 N–H and O–H groups in total. The molecule has 1 aromatic heterocycles. The van der Waals surface area contributed by atoms with Crippen molar-refractivity contribution >= 4 is 11.6 Å². The van der Waals surface area contributed by atoms with Gasteiger partial charge in [-0.05, 0) is 11.6 Å². The van der Waals surface area contributed by atoms with Crippen LogP contribution in [0.5, 0.6) is 0 Å². The lowest BCUT2D eigenvalue weighted by Crippen LogP contribution is -2.19. The maximum absolute atomic E-state index is 6.22. The molecule has 1 aromatic carbocycles. The molecule has 1 heterocycles. The van der Waals surface area contributed by atoms with E-state index in [1.54, 1.807) is 18.1 Å². The van der Waals surface area contributed by atoms with Crippen LogP contribution < -0.4 is 5.32 Å². The van der Waals surface area contributed by atoms with Gasteiger partial charge in [-0.1, -0.05) is 23.7 Å². The summed E-state index contributed by atoms with van der Waals surface area (Å²) in [5.41, 5.74) is 1.94. The van der Waals surface area contributed by atoms with E-state index >= 15 is 0 Å². The molecule has 0 atom stereocenters. The van der Waals surface area contributed by atoms with E-state index in [2.05, 4.69) is 15.4 Å². The van der Waals surface area contributed by atoms with Crippen LogP contribution in [0.4, 0.5) is 0 Å². The summed E-state index contributed by atoms with van der Waals surface area (Å²) in [6.45, 7) is 2.18. The smallest absolute Gasteiger partial charge is 0.138 e. The highest BCUT2D eigenvalue weighted by molar-refractivity contribution is 6.32. The fourth-order valence-electron chi connectivity index (χ4n) is 1.68. The number of para-hydroxylation sites is 1. The normalized spacial score (nSPS) is 10.8. The Morgan fingerprint density at radius 1 is 1.44 bits per heavy atom. The summed E-state index contributed by atoms with van der Waals surface area (Å²) in [4.78, 5) is 3.94. The number of nitrogens with zero attached hydrogens (tertiary/aromatic N) is 3. The summed E-state index contributed by atoms with van der Waals surface area (Å²) in [7, 11) is 1.68. The number of nitrogens with one attached hydrogen (secondary N) is 1. The van der Waals surface area contributed by atoms with Gasteiger partial charge < -0.3 is 10.1 Å². The van der Waals surface area contributed by atoms with Crippen molar-refractivity contribution in [1.82, 2.24) is 20.1 Å². The minimum atomic E-state index is 0.659. The van der Waals surface area contributed by atoms with E-state index in [9.17, 15) is 0 Å². The van der Waals surface area contributed by atoms with Gasteiger partial charge in [0.15, 0.2) is 0 Å². The lowest BCUT2D eigenvalue weighted by Gasteiger charge is -2.11. The quantitative estimate of drug-likeness (QED) is 0.808. The Bertz CT molecular complexity index is 487. The monoisotopic (exact) mass is 266 g/mol. The van der Waals surface area contributed by atoms with Crippen molar-refractivity contribution in [2.75, 3.05) is 20.3 Å². The molecule has 2 rings (SSSR count). The maximum atomic E-state index is 6.22. The molecular weight excluding hydrogens is 252 g/mol. The second kappa shape index (κ2) is 6.49. The number of methoxy groups -OCH3 is 1. The van der Waals surface area contributed by atoms with Crippen molar-refractivity contribution in [3.8, 4) is 5.69 Å². The van der Waals surface area contributed by atoms with Crippen molar-refractivity contribution in [2.45, 2.75) is 6.54 Å². The maximum Gasteiger partial charge on any atom is 0.138 e. The minimum absolute atomic E-state index is 0.659. The van der Waals surface area contributed by atoms with Gasteiger partial charge in [-0.2, -0.15) is 5.10 Å². The van der Waals surface area contributed by atoms with Gasteiger partial charge >= 0.3 is 0 Å². The van der Waals surface area contributed by atoms with Crippen molar-refractivity contribution in [3.05, 3.63) is 41.4 Å². The Hall–Kier alpha value is -1.43. The van der Waals surface area contributed by atoms with E-state index in [4.69, 9.17) is 16.3 Å². The third kappa shape index (κ3) is 3.07. The van der Waals surface area contributed by atoms with Crippen LogP contribution in [0.25, 0.3) is 5.69 Å². The average Bonchev–Trinajstić information content (AvgIpc) is 2.88. The molecule has 6 heteroatoms. The van der Waals surface area contributed by atoms with Crippen LogP contribution >= 0.6 is 11.6 Å². The molecule has 0 amide bonds. The van der Waals surface area contributed by atoms with Crippen LogP contribution in [0.2, 0.25) is 5.02 Å². The molecule has 0 spiro atoms. The van der Waals surface area contributed by atoms with Gasteiger partial charge in [-0.15, -0.1) is 0 Å². The zero-order chi connectivity index (χ0) is 12.8. The van der Waals surface area contributed by atoms with Gasteiger partial charge in [-0.25, -0.2) is 9.67 Å². The zero-order valence-corrected chi connectivity index (χ0v) is 10.9. The van der Waals surface area contributed by atoms with E-state index in [0.717, 1.165) is 17.8 Å². The molecule has 0 bridgehead atoms. The highest BCUT2D eigenvalue weighted by Gasteiger charge is 2.09. The minimum Gasteiger partial charge on any atom is -0.383 e. The Morgan fingerprint density at radius 3 is 3.06 bits per heavy atom. The van der Waals surface area contributed by atoms with Crippen LogP contribution in [0.15, 0.2) is 30.9 Å². The molecule has 0 saturated carbocycles. The zero-order valence-electron chi connectivity index (χ0n) is 10.1. The number of rotatable bonds is 6. The summed E-state index contributed by atoms with van der Waals surface area (Å²) in [5.74, 6) is 0. The van der Waals surface area contributed by atoms with Gasteiger partial charge in [0.05, 0.1) is 17.3 Å². The van der Waals surface area contributed by atoms with Crippen molar-refractivity contribution in [1.29, 1.82) is 0 Å². The molecule has 0 aliphatic carbocycles. The predicted molar refractivity (Wildman–Crippen MR) is 70.0 cm³/mol. The fourth-order valence-corrected chi connectivity index (χ4v) is 1.96. The second-order valence-corrected chi connectivity index (χ2v) is 4.16. The SMILES string of the molecule is COCCNCc1cccc(Cl)c1-n1cncn1. The van der Waals surface area contributed by atoms with Crippen LogP contribution in [-0.2, 0) is 11.3 Å². The predicted octanol–water partition coefficient (Wildman–Crippen LogP) is 1.66. The van der Waals surface area contributed by atoms with Crippen molar-refractivity contribution < 1.29 is 4.74 Å². The number of ether oxygens (including phenoxy) is 1. The standard InChI is InChI=1S/C12H15ClN4O/c1-18-6-5-14-7-10-3-2-4-11(13)12(10)17-9-15-8-16-17/h2-4,8-9,14H,5-7H2,1H3. The lowest BCUT2D eigenvalue weighted by atomic mass is 10.1. The fraction of sp³-hybridized carbons (Fsp3) is 0.333. The highest BCUT2D eigenvalue weighted by atomic mass is 35.5. The first kappa shape index (κ1) is 13.0. The van der Waals surface area contributed by atoms with Crippen LogP contribution in [0.3, 0.4) is 0 Å². The average molecular weight is 267 g/mol. The summed E-state index contributed by atoms with van der Waals surface area (Å²) in [6, 6.07) is 5.79. The highest BCUT2D eigenvalue weighted by Crippen LogP contribution is 2.23. The lowest BCUT2D eigenvalue weighted by molar-refractivity contribution is 0.199. The molecule has 0 aliphatic rings. The Kier molecular flexibility index (Phi) is 4.69. The van der Waals surface area contributed by atoms with E-state index in [1.807, 2.05) is 18.2 Å². The van der Waals surface area contributed by atoms with Gasteiger partial charge in [0.2, 0.25) is 0 Å². The number of hydrogen-bond donors (Lipinski definition) is 1. The molecule has 0 fully saturated rings. The first-order valence-corrected chi connectivity index (χ1v) is 6.02. The topological polar surface area (TPSA) is 52.0 Å². The van der Waals surface area contributed by atoms with Gasteiger partial charge in [0.25, 0.3) is 0 Å². The molecule has 0 saturated heterocycles. The second-order valence-electron chi connectivity index (χ2n) is 3.76. The largest absolute Gasteiger partial charge is 0.383 e. The molecule has 2 aromatic rings. The van der Waals surface area contributed by atoms with Gasteiger partial charge in [-0.3, -0.25) is 0 Å². The molecule has 5 nitrogen and oxygen atoms in total. The summed E-state index contributed by atoms with van der Waals surface area (Å²) >= 11 is 6.22. The van der Waals surface area contributed by atoms with E-state index in [1.165, 1.54) is 6.33 Å².